The number of oxazole rings is 1. The van der Waals surface area contributed by atoms with Crippen LogP contribution in [0.15, 0.2) is 65.2 Å². The van der Waals surface area contributed by atoms with E-state index in [4.69, 9.17) is 20.8 Å². The second-order valence-electron chi connectivity index (χ2n) is 6.10. The molecule has 0 unspecified atom stereocenters. The number of anilines is 1. The predicted octanol–water partition coefficient (Wildman–Crippen LogP) is 4.47. The third kappa shape index (κ3) is 4.06. The Kier molecular flexibility index (Phi) is 5.27. The molecule has 0 fully saturated rings. The van der Waals surface area contributed by atoms with Gasteiger partial charge >= 0.3 is 5.69 Å². The van der Waals surface area contributed by atoms with Crippen LogP contribution < -0.4 is 10.1 Å². The monoisotopic (exact) mass is 424 g/mol. The number of carbonyl (C=O) groups excluding carboxylic acids is 1. The molecule has 30 heavy (non-hydrogen) atoms. The summed E-state index contributed by atoms with van der Waals surface area (Å²) in [4.78, 5) is 31.1. The summed E-state index contributed by atoms with van der Waals surface area (Å²) in [7, 11) is 0. The van der Waals surface area contributed by atoms with Crippen molar-refractivity contribution < 1.29 is 18.9 Å². The number of nitro groups is 1. The number of fused-ring (bicyclic) bond motifs is 1. The van der Waals surface area contributed by atoms with Crippen LogP contribution in [-0.4, -0.2) is 27.4 Å². The number of nitro benzene ring substituents is 1. The summed E-state index contributed by atoms with van der Waals surface area (Å²) in [5.41, 5.74) is 1.64. The van der Waals surface area contributed by atoms with Gasteiger partial charge in [-0.05, 0) is 36.4 Å². The molecule has 0 aliphatic rings. The van der Waals surface area contributed by atoms with E-state index >= 15 is 0 Å². The van der Waals surface area contributed by atoms with Crippen LogP contribution in [0.2, 0.25) is 5.02 Å². The van der Waals surface area contributed by atoms with Crippen LogP contribution in [0.4, 0.5) is 11.4 Å². The van der Waals surface area contributed by atoms with Gasteiger partial charge in [0.25, 0.3) is 5.91 Å². The predicted molar refractivity (Wildman–Crippen MR) is 109 cm³/mol. The number of halogens is 1. The van der Waals surface area contributed by atoms with Crippen molar-refractivity contribution in [1.82, 2.24) is 9.97 Å². The lowest BCUT2D eigenvalue weighted by Gasteiger charge is -2.09. The maximum atomic E-state index is 12.3. The number of aromatic nitrogens is 2. The number of nitrogens with zero attached hydrogens (tertiary/aromatic N) is 3. The molecule has 0 bridgehead atoms. The Morgan fingerprint density at radius 3 is 2.83 bits per heavy atom. The first kappa shape index (κ1) is 19.3. The molecule has 0 radical (unpaired) electrons. The van der Waals surface area contributed by atoms with Crippen LogP contribution >= 0.6 is 11.6 Å². The molecule has 0 spiro atoms. The van der Waals surface area contributed by atoms with E-state index in [0.29, 0.717) is 27.5 Å². The van der Waals surface area contributed by atoms with Gasteiger partial charge in [-0.25, -0.2) is 4.98 Å². The van der Waals surface area contributed by atoms with Gasteiger partial charge in [-0.15, -0.1) is 0 Å². The normalized spacial score (nSPS) is 10.7. The standard InChI is InChI=1S/C20H13ClN4O5/c21-14-8-7-12(10-13(14)20-24-19-17(30-20)6-3-9-22-19)23-18(26)11-29-16-5-2-1-4-15(16)25(27)28/h1-10H,11H2,(H,23,26). The van der Waals surface area contributed by atoms with Crippen LogP contribution in [0.3, 0.4) is 0 Å². The van der Waals surface area contributed by atoms with E-state index < -0.39 is 17.4 Å². The van der Waals surface area contributed by atoms with Gasteiger partial charge in [0.1, 0.15) is 0 Å². The zero-order valence-corrected chi connectivity index (χ0v) is 16.0. The molecule has 2 aromatic heterocycles. The highest BCUT2D eigenvalue weighted by Crippen LogP contribution is 2.32. The minimum atomic E-state index is -0.575. The van der Waals surface area contributed by atoms with E-state index in [1.165, 1.54) is 18.2 Å². The highest BCUT2D eigenvalue weighted by atomic mass is 35.5. The number of pyridine rings is 1. The lowest BCUT2D eigenvalue weighted by Crippen LogP contribution is -2.20. The van der Waals surface area contributed by atoms with Crippen LogP contribution in [0.25, 0.3) is 22.7 Å². The number of amides is 1. The maximum Gasteiger partial charge on any atom is 0.310 e. The number of para-hydroxylation sites is 2. The molecular weight excluding hydrogens is 412 g/mol. The molecule has 0 aliphatic heterocycles. The van der Waals surface area contributed by atoms with Gasteiger partial charge in [0.15, 0.2) is 23.6 Å². The third-order valence-electron chi connectivity index (χ3n) is 4.07. The molecule has 2 heterocycles. The zero-order chi connectivity index (χ0) is 21.1. The number of ether oxygens (including phenoxy) is 1. The molecule has 4 aromatic rings. The lowest BCUT2D eigenvalue weighted by molar-refractivity contribution is -0.385. The second-order valence-corrected chi connectivity index (χ2v) is 6.51. The number of hydrogen-bond donors (Lipinski definition) is 1. The van der Waals surface area contributed by atoms with Gasteiger partial charge in [0.05, 0.1) is 15.5 Å². The Morgan fingerprint density at radius 1 is 1.20 bits per heavy atom. The fraction of sp³-hybridized carbons (Fsp3) is 0.0500. The minimum Gasteiger partial charge on any atom is -0.477 e. The van der Waals surface area contributed by atoms with Gasteiger partial charge in [0.2, 0.25) is 5.89 Å². The number of nitrogens with one attached hydrogen (secondary N) is 1. The van der Waals surface area contributed by atoms with Crippen molar-refractivity contribution in [2.75, 3.05) is 11.9 Å². The van der Waals surface area contributed by atoms with E-state index in [9.17, 15) is 14.9 Å². The molecule has 9 nitrogen and oxygen atoms in total. The fourth-order valence-corrected chi connectivity index (χ4v) is 2.92. The Morgan fingerprint density at radius 2 is 2.03 bits per heavy atom. The highest BCUT2D eigenvalue weighted by molar-refractivity contribution is 6.33. The SMILES string of the molecule is O=C(COc1ccccc1[N+](=O)[O-])Nc1ccc(Cl)c(-c2nc3ncccc3o2)c1. The first-order chi connectivity index (χ1) is 14.5. The largest absolute Gasteiger partial charge is 0.477 e. The van der Waals surface area contributed by atoms with Crippen molar-refractivity contribution in [2.45, 2.75) is 0 Å². The summed E-state index contributed by atoms with van der Waals surface area (Å²) in [6.45, 7) is -0.407. The summed E-state index contributed by atoms with van der Waals surface area (Å²) in [5.74, 6) is -0.227. The van der Waals surface area contributed by atoms with Crippen LogP contribution in [-0.2, 0) is 4.79 Å². The van der Waals surface area contributed by atoms with Crippen LogP contribution in [0.1, 0.15) is 0 Å². The summed E-state index contributed by atoms with van der Waals surface area (Å²) < 4.78 is 11.0. The first-order valence-electron chi connectivity index (χ1n) is 8.69. The van der Waals surface area contributed by atoms with Gasteiger partial charge in [-0.2, -0.15) is 4.98 Å². The van der Waals surface area contributed by atoms with Crippen LogP contribution in [0, 0.1) is 10.1 Å². The molecule has 0 aliphatic carbocycles. The fourth-order valence-electron chi connectivity index (χ4n) is 2.72. The van der Waals surface area contributed by atoms with Gasteiger partial charge in [0, 0.05) is 18.0 Å². The number of carbonyl (C=O) groups is 1. The Balaban J connectivity index is 1.49. The van der Waals surface area contributed by atoms with Crippen LogP contribution in [0.5, 0.6) is 5.75 Å². The molecule has 0 saturated heterocycles. The summed E-state index contributed by atoms with van der Waals surface area (Å²) in [6, 6.07) is 14.1. The molecular formula is C20H13ClN4O5. The molecule has 2 aromatic carbocycles. The number of rotatable bonds is 6. The van der Waals surface area contributed by atoms with E-state index in [1.54, 1.807) is 42.6 Å². The smallest absolute Gasteiger partial charge is 0.310 e. The average Bonchev–Trinajstić information content (AvgIpc) is 3.18. The quantitative estimate of drug-likeness (QED) is 0.358. The van der Waals surface area contributed by atoms with E-state index in [2.05, 4.69) is 15.3 Å². The zero-order valence-electron chi connectivity index (χ0n) is 15.2. The minimum absolute atomic E-state index is 0.00780. The number of benzene rings is 2. The van der Waals surface area contributed by atoms with Gasteiger partial charge < -0.3 is 14.5 Å². The van der Waals surface area contributed by atoms with Crippen molar-refractivity contribution in [3.63, 3.8) is 0 Å². The molecule has 1 amide bonds. The molecule has 0 saturated carbocycles. The molecule has 0 atom stereocenters. The average molecular weight is 425 g/mol. The summed E-state index contributed by atoms with van der Waals surface area (Å²) in [6.07, 6.45) is 1.60. The van der Waals surface area contributed by atoms with Crippen molar-refractivity contribution in [2.24, 2.45) is 0 Å². The lowest BCUT2D eigenvalue weighted by atomic mass is 10.2. The molecule has 10 heteroatoms. The summed E-state index contributed by atoms with van der Waals surface area (Å²) in [5, 5.41) is 14.1. The van der Waals surface area contributed by atoms with Crippen molar-refractivity contribution in [3.8, 4) is 17.2 Å². The summed E-state index contributed by atoms with van der Waals surface area (Å²) >= 11 is 6.26. The highest BCUT2D eigenvalue weighted by Gasteiger charge is 2.16. The van der Waals surface area contributed by atoms with E-state index in [1.807, 2.05) is 0 Å². The van der Waals surface area contributed by atoms with Crippen molar-refractivity contribution >= 4 is 40.1 Å². The third-order valence-corrected chi connectivity index (χ3v) is 4.40. The van der Waals surface area contributed by atoms with E-state index in [-0.39, 0.29) is 17.3 Å². The van der Waals surface area contributed by atoms with Gasteiger partial charge in [-0.1, -0.05) is 23.7 Å². The Hall–Kier alpha value is -3.98. The molecule has 150 valence electrons. The molecule has 1 N–H and O–H groups in total. The van der Waals surface area contributed by atoms with Crippen molar-refractivity contribution in [1.29, 1.82) is 0 Å². The van der Waals surface area contributed by atoms with E-state index in [0.717, 1.165) is 0 Å². The first-order valence-corrected chi connectivity index (χ1v) is 9.06. The van der Waals surface area contributed by atoms with Gasteiger partial charge in [-0.3, -0.25) is 14.9 Å². The Labute approximate surface area is 174 Å². The van der Waals surface area contributed by atoms with Crippen molar-refractivity contribution in [3.05, 3.63) is 75.9 Å². The topological polar surface area (TPSA) is 120 Å². The maximum absolute atomic E-state index is 12.3. The number of hydrogen-bond acceptors (Lipinski definition) is 7. The Bertz CT molecular complexity index is 1220. The molecule has 4 rings (SSSR count). The second kappa shape index (κ2) is 8.18.